The lowest BCUT2D eigenvalue weighted by Gasteiger charge is -2.52. The highest BCUT2D eigenvalue weighted by atomic mass is 35.5. The Morgan fingerprint density at radius 3 is 2.46 bits per heavy atom. The highest BCUT2D eigenvalue weighted by Crippen LogP contribution is 2.51. The molecular formula is C30H38ClN3O7. The second-order valence-electron chi connectivity index (χ2n) is 12.5. The summed E-state index contributed by atoms with van der Waals surface area (Å²) < 4.78 is 0. The van der Waals surface area contributed by atoms with E-state index in [0.29, 0.717) is 28.6 Å². The Morgan fingerprint density at radius 1 is 1.15 bits per heavy atom. The molecular weight excluding hydrogens is 550 g/mol. The van der Waals surface area contributed by atoms with E-state index < -0.39 is 64.4 Å². The Labute approximate surface area is 244 Å². The second-order valence-corrected chi connectivity index (χ2v) is 12.9. The minimum Gasteiger partial charge on any atom is -0.507 e. The molecule has 6 atom stereocenters. The predicted molar refractivity (Wildman–Crippen MR) is 149 cm³/mol. The van der Waals surface area contributed by atoms with Gasteiger partial charge in [0.1, 0.15) is 5.75 Å². The molecule has 0 saturated heterocycles. The summed E-state index contributed by atoms with van der Waals surface area (Å²) in [4.78, 5) is 67.7. The lowest BCUT2D eigenvalue weighted by molar-refractivity contribution is -0.181. The van der Waals surface area contributed by atoms with E-state index in [0.717, 1.165) is 13.0 Å². The summed E-state index contributed by atoms with van der Waals surface area (Å²) in [6.07, 6.45) is 7.54. The Morgan fingerprint density at radius 2 is 1.83 bits per heavy atom. The van der Waals surface area contributed by atoms with E-state index in [1.165, 1.54) is 43.1 Å². The van der Waals surface area contributed by atoms with Crippen LogP contribution in [0.15, 0.2) is 6.07 Å². The van der Waals surface area contributed by atoms with Crippen LogP contribution in [0.2, 0.25) is 5.02 Å². The molecule has 3 saturated carbocycles. The van der Waals surface area contributed by atoms with Crippen LogP contribution in [0.5, 0.6) is 5.75 Å². The first-order valence-corrected chi connectivity index (χ1v) is 14.9. The molecule has 222 valence electrons. The van der Waals surface area contributed by atoms with Crippen molar-refractivity contribution in [2.75, 3.05) is 20.6 Å². The fourth-order valence-electron chi connectivity index (χ4n) is 7.84. The number of aromatic hydroxyl groups is 1. The predicted octanol–water partition coefficient (Wildman–Crippen LogP) is 1.58. The maximum atomic E-state index is 13.9. The zero-order valence-corrected chi connectivity index (χ0v) is 24.2. The number of fused-ring (bicyclic) bond motifs is 3. The van der Waals surface area contributed by atoms with Gasteiger partial charge in [0.2, 0.25) is 5.91 Å². The van der Waals surface area contributed by atoms with Crippen LogP contribution in [0.1, 0.15) is 66.4 Å². The highest BCUT2D eigenvalue weighted by Gasteiger charge is 2.69. The fourth-order valence-corrected chi connectivity index (χ4v) is 8.13. The molecule has 1 aromatic carbocycles. The molecule has 5 N–H and O–H groups in total. The second kappa shape index (κ2) is 11.2. The van der Waals surface area contributed by atoms with E-state index >= 15 is 0 Å². The zero-order chi connectivity index (χ0) is 29.8. The molecule has 5 rings (SSSR count). The van der Waals surface area contributed by atoms with E-state index in [9.17, 15) is 34.2 Å². The van der Waals surface area contributed by atoms with E-state index in [4.69, 9.17) is 17.3 Å². The van der Waals surface area contributed by atoms with Gasteiger partial charge >= 0.3 is 0 Å². The van der Waals surface area contributed by atoms with Crippen LogP contribution in [0.4, 0.5) is 0 Å². The molecule has 0 spiro atoms. The van der Waals surface area contributed by atoms with Gasteiger partial charge < -0.3 is 21.3 Å². The molecule has 1 amide bonds. The van der Waals surface area contributed by atoms with Crippen molar-refractivity contribution in [1.29, 1.82) is 0 Å². The number of phenols is 1. The van der Waals surface area contributed by atoms with Gasteiger partial charge in [-0.25, -0.2) is 0 Å². The molecule has 3 fully saturated rings. The Balaban J connectivity index is 1.44. The summed E-state index contributed by atoms with van der Waals surface area (Å²) in [6.45, 7) is 1.20. The number of Topliss-reactive ketones (excluding diaryl/α,β-unsaturated/α-hetero) is 4. The number of benzene rings is 1. The van der Waals surface area contributed by atoms with E-state index in [1.807, 2.05) is 0 Å². The number of rotatable bonds is 7. The number of carbonyl (C=O) groups is 5. The van der Waals surface area contributed by atoms with Gasteiger partial charge in [-0.15, -0.1) is 0 Å². The molecule has 10 nitrogen and oxygen atoms in total. The number of ketones is 4. The van der Waals surface area contributed by atoms with Crippen LogP contribution in [0.25, 0.3) is 0 Å². The molecule has 2 unspecified atom stereocenters. The molecule has 0 radical (unpaired) electrons. The van der Waals surface area contributed by atoms with E-state index in [-0.39, 0.29) is 24.2 Å². The standard InChI is InChI=1S/C30H38ClN3O7/c1-34(2)24-18-11-15-10-17-21(19(35)12-16(23(17)31)13-33-9-8-14-6-4-3-5-7-14)25(36)20(15)27(38)30(18,41)28(39)22(26(24)37)29(32)40/h12,14-15,18,20,22,24,33,35,41H,3-11,13H2,1-2H3,(H2,32,40)/t15-,18-,20?,22?,24-,30-/m0/s1. The molecule has 4 aliphatic rings. The highest BCUT2D eigenvalue weighted by molar-refractivity contribution is 6.34. The number of nitrogens with two attached hydrogens (primary N) is 1. The molecule has 1 aromatic rings. The van der Waals surface area contributed by atoms with Crippen molar-refractivity contribution in [3.63, 3.8) is 0 Å². The van der Waals surface area contributed by atoms with Crippen molar-refractivity contribution in [1.82, 2.24) is 10.2 Å². The Bertz CT molecular complexity index is 1310. The topological polar surface area (TPSA) is 167 Å². The first kappa shape index (κ1) is 29.8. The number of halogens is 1. The summed E-state index contributed by atoms with van der Waals surface area (Å²) in [5, 5.41) is 26.3. The normalized spacial score (nSPS) is 32.1. The van der Waals surface area contributed by atoms with Gasteiger partial charge in [0.15, 0.2) is 34.7 Å². The SMILES string of the molecule is CN(C)[C@@H]1C(=O)C(C(N)=O)C(=O)[C@@]2(O)C(=O)C3C(=O)c4c(O)cc(CNCCC5CCCCC5)c(Cl)c4C[C@H]3C[C@@H]12. The molecule has 0 heterocycles. The van der Waals surface area contributed by atoms with E-state index in [1.54, 1.807) is 14.1 Å². The van der Waals surface area contributed by atoms with Crippen LogP contribution >= 0.6 is 11.6 Å². The van der Waals surface area contributed by atoms with Crippen LogP contribution < -0.4 is 11.1 Å². The minimum atomic E-state index is -2.74. The number of carbonyl (C=O) groups excluding carboxylic acids is 5. The average Bonchev–Trinajstić information content (AvgIpc) is 2.91. The van der Waals surface area contributed by atoms with Crippen molar-refractivity contribution < 1.29 is 34.2 Å². The number of phenolic OH excluding ortho intramolecular Hbond substituents is 1. The summed E-state index contributed by atoms with van der Waals surface area (Å²) in [7, 11) is 3.11. The summed E-state index contributed by atoms with van der Waals surface area (Å²) >= 11 is 6.80. The minimum absolute atomic E-state index is 0.00908. The number of nitrogens with zero attached hydrogens (tertiary/aromatic N) is 1. The third-order valence-corrected chi connectivity index (χ3v) is 10.3. The Kier molecular flexibility index (Phi) is 8.15. The number of amides is 1. The Hall–Kier alpha value is -2.66. The third kappa shape index (κ3) is 4.82. The average molecular weight is 588 g/mol. The summed E-state index contributed by atoms with van der Waals surface area (Å²) in [6, 6.07) is 0.285. The van der Waals surface area contributed by atoms with Crippen molar-refractivity contribution >= 4 is 40.6 Å². The monoisotopic (exact) mass is 587 g/mol. The number of likely N-dealkylation sites (N-methyl/N-ethyl adjacent to an activating group) is 1. The van der Waals surface area contributed by atoms with Crippen LogP contribution in [0.3, 0.4) is 0 Å². The zero-order valence-electron chi connectivity index (χ0n) is 23.5. The summed E-state index contributed by atoms with van der Waals surface area (Å²) in [5.74, 6) is -9.96. The molecule has 0 aliphatic heterocycles. The molecule has 41 heavy (non-hydrogen) atoms. The first-order chi connectivity index (χ1) is 19.4. The van der Waals surface area contributed by atoms with Crippen LogP contribution in [-0.4, -0.2) is 76.4 Å². The van der Waals surface area contributed by atoms with Gasteiger partial charge in [0.25, 0.3) is 0 Å². The van der Waals surface area contributed by atoms with Gasteiger partial charge in [0.05, 0.1) is 17.5 Å². The van der Waals surface area contributed by atoms with Crippen LogP contribution in [0, 0.1) is 29.6 Å². The maximum Gasteiger partial charge on any atom is 0.235 e. The van der Waals surface area contributed by atoms with Gasteiger partial charge in [-0.2, -0.15) is 0 Å². The van der Waals surface area contributed by atoms with Crippen molar-refractivity contribution in [3.05, 3.63) is 27.8 Å². The number of hydrogen-bond donors (Lipinski definition) is 4. The van der Waals surface area contributed by atoms with Crippen molar-refractivity contribution in [2.45, 2.75) is 69.6 Å². The number of aliphatic hydroxyl groups is 1. The molecule has 11 heteroatoms. The first-order valence-electron chi connectivity index (χ1n) is 14.5. The summed E-state index contributed by atoms with van der Waals surface area (Å²) in [5.41, 5.74) is 3.58. The lowest BCUT2D eigenvalue weighted by Crippen LogP contribution is -2.74. The smallest absolute Gasteiger partial charge is 0.235 e. The van der Waals surface area contributed by atoms with Crippen LogP contribution in [-0.2, 0) is 32.1 Å². The van der Waals surface area contributed by atoms with Crippen molar-refractivity contribution in [3.8, 4) is 5.75 Å². The van der Waals surface area contributed by atoms with Gasteiger partial charge in [-0.3, -0.25) is 28.9 Å². The van der Waals surface area contributed by atoms with Gasteiger partial charge in [-0.1, -0.05) is 43.7 Å². The number of nitrogens with one attached hydrogen (secondary N) is 1. The van der Waals surface area contributed by atoms with E-state index in [2.05, 4.69) is 5.32 Å². The number of hydrogen-bond acceptors (Lipinski definition) is 9. The van der Waals surface area contributed by atoms with Gasteiger partial charge in [-0.05, 0) is 68.9 Å². The largest absolute Gasteiger partial charge is 0.507 e. The quantitative estimate of drug-likeness (QED) is 0.273. The van der Waals surface area contributed by atoms with Gasteiger partial charge in [0, 0.05) is 17.5 Å². The number of primary amides is 1. The lowest BCUT2D eigenvalue weighted by atomic mass is 9.52. The molecule has 4 aliphatic carbocycles. The van der Waals surface area contributed by atoms with Crippen molar-refractivity contribution in [2.24, 2.45) is 35.3 Å². The maximum absolute atomic E-state index is 13.9. The third-order valence-electron chi connectivity index (χ3n) is 9.84. The fraction of sp³-hybridized carbons (Fsp3) is 0.633. The molecule has 0 bridgehead atoms. The molecule has 0 aromatic heterocycles.